The summed E-state index contributed by atoms with van der Waals surface area (Å²) in [4.78, 5) is 23.7. The van der Waals surface area contributed by atoms with Crippen molar-refractivity contribution in [3.05, 3.63) is 39.9 Å². The van der Waals surface area contributed by atoms with E-state index >= 15 is 0 Å². The molecule has 0 radical (unpaired) electrons. The third kappa shape index (κ3) is 4.60. The van der Waals surface area contributed by atoms with Crippen molar-refractivity contribution in [2.24, 2.45) is 0 Å². The van der Waals surface area contributed by atoms with Crippen LogP contribution < -0.4 is 5.32 Å². The van der Waals surface area contributed by atoms with Gasteiger partial charge in [-0.1, -0.05) is 12.1 Å². The lowest BCUT2D eigenvalue weighted by Gasteiger charge is -2.16. The van der Waals surface area contributed by atoms with Crippen molar-refractivity contribution in [1.29, 1.82) is 0 Å². The molecule has 0 aliphatic heterocycles. The Bertz CT molecular complexity index is 476. The molecule has 7 heteroatoms. The molecule has 0 heterocycles. The summed E-state index contributed by atoms with van der Waals surface area (Å²) in [6, 6.07) is 4.83. The first-order valence-corrected chi connectivity index (χ1v) is 6.27. The summed E-state index contributed by atoms with van der Waals surface area (Å²) in [5, 5.41) is 23.0. The number of nitro groups is 1. The minimum Gasteiger partial charge on any atom is -0.480 e. The van der Waals surface area contributed by atoms with Crippen LogP contribution in [0.15, 0.2) is 24.3 Å². The SMILES string of the molecule is CN(C)CCCNC(C(=O)O)c1ccccc1[N+](=O)[O-]. The number of carboxylic acid groups (broad SMARTS) is 1. The quantitative estimate of drug-likeness (QED) is 0.423. The van der Waals surface area contributed by atoms with Crippen LogP contribution in [-0.2, 0) is 4.79 Å². The summed E-state index contributed by atoms with van der Waals surface area (Å²) >= 11 is 0. The van der Waals surface area contributed by atoms with Crippen LogP contribution in [0.4, 0.5) is 5.69 Å². The standard InChI is InChI=1S/C13H19N3O4/c1-15(2)9-5-8-14-12(13(17)18)10-6-3-4-7-11(10)16(19)20/h3-4,6-7,12,14H,5,8-9H2,1-2H3,(H,17,18). The Morgan fingerprint density at radius 3 is 2.65 bits per heavy atom. The summed E-state index contributed by atoms with van der Waals surface area (Å²) in [6.07, 6.45) is 0.761. The van der Waals surface area contributed by atoms with Gasteiger partial charge in [0.25, 0.3) is 5.69 Å². The highest BCUT2D eigenvalue weighted by Crippen LogP contribution is 2.24. The Balaban J connectivity index is 2.81. The van der Waals surface area contributed by atoms with E-state index in [0.29, 0.717) is 6.54 Å². The maximum Gasteiger partial charge on any atom is 0.325 e. The molecule has 20 heavy (non-hydrogen) atoms. The number of hydrogen-bond acceptors (Lipinski definition) is 5. The van der Waals surface area contributed by atoms with Crippen LogP contribution >= 0.6 is 0 Å². The van der Waals surface area contributed by atoms with Crippen molar-refractivity contribution in [2.75, 3.05) is 27.2 Å². The molecule has 7 nitrogen and oxygen atoms in total. The van der Waals surface area contributed by atoms with E-state index in [9.17, 15) is 20.0 Å². The van der Waals surface area contributed by atoms with Gasteiger partial charge in [0.05, 0.1) is 10.5 Å². The molecule has 0 aliphatic rings. The smallest absolute Gasteiger partial charge is 0.325 e. The first-order valence-electron chi connectivity index (χ1n) is 6.27. The zero-order valence-corrected chi connectivity index (χ0v) is 11.6. The molecule has 1 aromatic carbocycles. The van der Waals surface area contributed by atoms with Gasteiger partial charge in [-0.2, -0.15) is 0 Å². The molecule has 1 atom stereocenters. The number of rotatable bonds is 8. The van der Waals surface area contributed by atoms with Crippen molar-refractivity contribution >= 4 is 11.7 Å². The summed E-state index contributed by atoms with van der Waals surface area (Å²) in [5.41, 5.74) is -0.00476. The van der Waals surface area contributed by atoms with Gasteiger partial charge in [0.15, 0.2) is 0 Å². The van der Waals surface area contributed by atoms with E-state index in [1.807, 2.05) is 19.0 Å². The number of nitrogens with zero attached hydrogens (tertiary/aromatic N) is 2. The van der Waals surface area contributed by atoms with Gasteiger partial charge in [-0.05, 0) is 39.7 Å². The van der Waals surface area contributed by atoms with Crippen LogP contribution in [0.5, 0.6) is 0 Å². The van der Waals surface area contributed by atoms with Crippen LogP contribution in [0.25, 0.3) is 0 Å². The summed E-state index contributed by atoms with van der Waals surface area (Å²) in [6.45, 7) is 1.29. The lowest BCUT2D eigenvalue weighted by atomic mass is 10.0. The van der Waals surface area contributed by atoms with Crippen molar-refractivity contribution in [3.63, 3.8) is 0 Å². The van der Waals surface area contributed by atoms with E-state index in [4.69, 9.17) is 0 Å². The highest BCUT2D eigenvalue weighted by Gasteiger charge is 2.26. The Kier molecular flexibility index (Phi) is 6.08. The number of hydrogen-bond donors (Lipinski definition) is 2. The number of para-hydroxylation sites is 1. The average Bonchev–Trinajstić information content (AvgIpc) is 2.38. The Morgan fingerprint density at radius 2 is 2.10 bits per heavy atom. The zero-order chi connectivity index (χ0) is 15.1. The van der Waals surface area contributed by atoms with Crippen molar-refractivity contribution in [1.82, 2.24) is 10.2 Å². The molecule has 0 aliphatic carbocycles. The third-order valence-electron chi connectivity index (χ3n) is 2.82. The maximum atomic E-state index is 11.3. The van der Waals surface area contributed by atoms with Crippen LogP contribution in [0.2, 0.25) is 0 Å². The third-order valence-corrected chi connectivity index (χ3v) is 2.82. The second-order valence-electron chi connectivity index (χ2n) is 4.70. The van der Waals surface area contributed by atoms with Crippen molar-refractivity contribution < 1.29 is 14.8 Å². The summed E-state index contributed by atoms with van der Waals surface area (Å²) in [5.74, 6) is -1.12. The maximum absolute atomic E-state index is 11.3. The molecular formula is C13H19N3O4. The number of nitrogens with one attached hydrogen (secondary N) is 1. The van der Waals surface area contributed by atoms with E-state index in [2.05, 4.69) is 5.32 Å². The minimum atomic E-state index is -1.12. The fourth-order valence-electron chi connectivity index (χ4n) is 1.87. The predicted molar refractivity (Wildman–Crippen MR) is 74.6 cm³/mol. The summed E-state index contributed by atoms with van der Waals surface area (Å²) < 4.78 is 0. The van der Waals surface area contributed by atoms with Crippen molar-refractivity contribution in [2.45, 2.75) is 12.5 Å². The van der Waals surface area contributed by atoms with Crippen LogP contribution in [0.1, 0.15) is 18.0 Å². The molecular weight excluding hydrogens is 262 g/mol. The van der Waals surface area contributed by atoms with Gasteiger partial charge in [0, 0.05) is 6.07 Å². The molecule has 2 N–H and O–H groups in total. The van der Waals surface area contributed by atoms with E-state index in [0.717, 1.165) is 13.0 Å². The Labute approximate surface area is 117 Å². The molecule has 0 saturated heterocycles. The van der Waals surface area contributed by atoms with Crippen LogP contribution in [0, 0.1) is 10.1 Å². The zero-order valence-electron chi connectivity index (χ0n) is 11.6. The second-order valence-corrected chi connectivity index (χ2v) is 4.70. The molecule has 0 bridgehead atoms. The van der Waals surface area contributed by atoms with Gasteiger partial charge in [-0.3, -0.25) is 14.9 Å². The molecule has 1 rings (SSSR count). The van der Waals surface area contributed by atoms with E-state index in [1.165, 1.54) is 18.2 Å². The Morgan fingerprint density at radius 1 is 1.45 bits per heavy atom. The van der Waals surface area contributed by atoms with Gasteiger partial charge in [-0.15, -0.1) is 0 Å². The fourth-order valence-corrected chi connectivity index (χ4v) is 1.87. The van der Waals surface area contributed by atoms with Gasteiger partial charge >= 0.3 is 5.97 Å². The normalized spacial score (nSPS) is 12.3. The summed E-state index contributed by atoms with van der Waals surface area (Å²) in [7, 11) is 3.85. The first-order chi connectivity index (χ1) is 9.43. The van der Waals surface area contributed by atoms with Crippen LogP contribution in [0.3, 0.4) is 0 Å². The lowest BCUT2D eigenvalue weighted by molar-refractivity contribution is -0.385. The van der Waals surface area contributed by atoms with Gasteiger partial charge < -0.3 is 15.3 Å². The van der Waals surface area contributed by atoms with Gasteiger partial charge in [0.2, 0.25) is 0 Å². The fraction of sp³-hybridized carbons (Fsp3) is 0.462. The number of carbonyl (C=O) groups is 1. The molecule has 0 fully saturated rings. The Hall–Kier alpha value is -1.99. The topological polar surface area (TPSA) is 95.7 Å². The van der Waals surface area contributed by atoms with Crippen LogP contribution in [-0.4, -0.2) is 48.1 Å². The molecule has 0 aromatic heterocycles. The minimum absolute atomic E-state index is 0.176. The van der Waals surface area contributed by atoms with Gasteiger partial charge in [-0.25, -0.2) is 0 Å². The number of carboxylic acids is 1. The van der Waals surface area contributed by atoms with Gasteiger partial charge in [0.1, 0.15) is 6.04 Å². The van der Waals surface area contributed by atoms with Crippen molar-refractivity contribution in [3.8, 4) is 0 Å². The molecule has 1 unspecified atom stereocenters. The largest absolute Gasteiger partial charge is 0.480 e. The highest BCUT2D eigenvalue weighted by atomic mass is 16.6. The lowest BCUT2D eigenvalue weighted by Crippen LogP contribution is -2.31. The monoisotopic (exact) mass is 281 g/mol. The molecule has 0 spiro atoms. The highest BCUT2D eigenvalue weighted by molar-refractivity contribution is 5.77. The number of aliphatic carboxylic acids is 1. The van der Waals surface area contributed by atoms with E-state index < -0.39 is 16.9 Å². The number of benzene rings is 1. The average molecular weight is 281 g/mol. The predicted octanol–water partition coefficient (Wildman–Crippen LogP) is 1.26. The molecule has 0 saturated carbocycles. The van der Waals surface area contributed by atoms with E-state index in [1.54, 1.807) is 6.07 Å². The molecule has 110 valence electrons. The first kappa shape index (κ1) is 16.1. The molecule has 1 aromatic rings. The number of nitro benzene ring substituents is 1. The second kappa shape index (κ2) is 7.56. The van der Waals surface area contributed by atoms with E-state index in [-0.39, 0.29) is 11.3 Å². The molecule has 0 amide bonds.